The summed E-state index contributed by atoms with van der Waals surface area (Å²) < 4.78 is 18.2. The highest BCUT2D eigenvalue weighted by Gasteiger charge is 2.16. The van der Waals surface area contributed by atoms with Crippen molar-refractivity contribution in [2.24, 2.45) is 0 Å². The van der Waals surface area contributed by atoms with Gasteiger partial charge in [-0.25, -0.2) is 14.4 Å². The minimum absolute atomic E-state index is 0.0487. The van der Waals surface area contributed by atoms with Crippen LogP contribution in [0.25, 0.3) is 22.2 Å². The van der Waals surface area contributed by atoms with Crippen LogP contribution in [0.2, 0.25) is 0 Å². The molecular weight excluding hydrogens is 417 g/mol. The number of hydrogen-bond acceptors (Lipinski definition) is 6. The molecule has 0 aliphatic heterocycles. The van der Waals surface area contributed by atoms with E-state index in [0.29, 0.717) is 45.2 Å². The Morgan fingerprint density at radius 1 is 1.10 bits per heavy atom. The Bertz CT molecular complexity index is 1250. The molecule has 0 saturated carbocycles. The Morgan fingerprint density at radius 2 is 1.87 bits per heavy atom. The lowest BCUT2D eigenvalue weighted by Crippen LogP contribution is -2.13. The quantitative estimate of drug-likeness (QED) is 0.438. The molecule has 0 unspecified atom stereocenters. The maximum atomic E-state index is 13.3. The first-order valence-corrected chi connectivity index (χ1v) is 10.5. The number of aromatic nitrogens is 2. The van der Waals surface area contributed by atoms with Gasteiger partial charge in [0.25, 0.3) is 5.91 Å². The van der Waals surface area contributed by atoms with Crippen molar-refractivity contribution in [3.63, 3.8) is 0 Å². The van der Waals surface area contributed by atoms with Crippen LogP contribution in [0.4, 0.5) is 9.52 Å². The van der Waals surface area contributed by atoms with Crippen LogP contribution >= 0.6 is 11.3 Å². The Labute approximate surface area is 181 Å². The molecule has 0 fully saturated rings. The van der Waals surface area contributed by atoms with Crippen LogP contribution in [-0.4, -0.2) is 28.5 Å². The highest BCUT2D eigenvalue weighted by Crippen LogP contribution is 2.26. The zero-order valence-corrected chi connectivity index (χ0v) is 17.4. The fourth-order valence-corrected chi connectivity index (χ4v) is 3.81. The third-order valence-electron chi connectivity index (χ3n) is 4.50. The number of esters is 1. The van der Waals surface area contributed by atoms with Gasteiger partial charge >= 0.3 is 5.97 Å². The standard InChI is InChI=1S/C23H18FN3O3S/c1-2-30-21(28)11-16-13-31-23(25-16)27-22(29)18-12-20(14-7-9-15(24)10-8-14)26-19-6-4-3-5-17(18)19/h3-10,12-13H,2,11H2,1H3,(H,25,27,29). The van der Waals surface area contributed by atoms with Gasteiger partial charge in [-0.05, 0) is 43.3 Å². The van der Waals surface area contributed by atoms with Crippen LogP contribution in [0, 0.1) is 5.82 Å². The molecule has 8 heteroatoms. The third kappa shape index (κ3) is 4.75. The zero-order valence-electron chi connectivity index (χ0n) is 16.6. The monoisotopic (exact) mass is 435 g/mol. The first-order chi connectivity index (χ1) is 15.0. The number of ether oxygens (including phenoxy) is 1. The predicted molar refractivity (Wildman–Crippen MR) is 118 cm³/mol. The highest BCUT2D eigenvalue weighted by molar-refractivity contribution is 7.14. The zero-order chi connectivity index (χ0) is 21.8. The average Bonchev–Trinajstić information content (AvgIpc) is 3.20. The van der Waals surface area contributed by atoms with Gasteiger partial charge in [0.1, 0.15) is 5.82 Å². The van der Waals surface area contributed by atoms with Crippen molar-refractivity contribution in [3.8, 4) is 11.3 Å². The molecule has 0 saturated heterocycles. The van der Waals surface area contributed by atoms with Crippen LogP contribution in [0.1, 0.15) is 23.0 Å². The molecule has 6 nitrogen and oxygen atoms in total. The fourth-order valence-electron chi connectivity index (χ4n) is 3.10. The summed E-state index contributed by atoms with van der Waals surface area (Å²) in [7, 11) is 0. The maximum Gasteiger partial charge on any atom is 0.311 e. The van der Waals surface area contributed by atoms with Gasteiger partial charge in [-0.3, -0.25) is 14.9 Å². The number of amides is 1. The molecule has 0 aliphatic rings. The van der Waals surface area contributed by atoms with Crippen LogP contribution < -0.4 is 5.32 Å². The number of anilines is 1. The molecule has 1 amide bonds. The van der Waals surface area contributed by atoms with Gasteiger partial charge in [-0.2, -0.15) is 0 Å². The third-order valence-corrected chi connectivity index (χ3v) is 5.31. The van der Waals surface area contributed by atoms with E-state index in [0.717, 1.165) is 0 Å². The minimum atomic E-state index is -0.366. The number of rotatable bonds is 6. The lowest BCUT2D eigenvalue weighted by Gasteiger charge is -2.09. The summed E-state index contributed by atoms with van der Waals surface area (Å²) in [4.78, 5) is 33.6. The number of carbonyl (C=O) groups is 2. The van der Waals surface area contributed by atoms with Crippen molar-refractivity contribution in [2.75, 3.05) is 11.9 Å². The lowest BCUT2D eigenvalue weighted by atomic mass is 10.0. The second kappa shape index (κ2) is 9.01. The number of para-hydroxylation sites is 1. The van der Waals surface area contributed by atoms with E-state index < -0.39 is 0 Å². The van der Waals surface area contributed by atoms with Gasteiger partial charge in [-0.1, -0.05) is 18.2 Å². The number of pyridine rings is 1. The normalized spacial score (nSPS) is 10.8. The molecule has 2 heterocycles. The number of carbonyl (C=O) groups excluding carboxylic acids is 2. The van der Waals surface area contributed by atoms with E-state index in [-0.39, 0.29) is 24.1 Å². The van der Waals surface area contributed by atoms with Crippen molar-refractivity contribution in [1.82, 2.24) is 9.97 Å². The van der Waals surface area contributed by atoms with Crippen molar-refractivity contribution >= 4 is 39.2 Å². The van der Waals surface area contributed by atoms with Gasteiger partial charge < -0.3 is 4.74 Å². The van der Waals surface area contributed by atoms with E-state index in [1.165, 1.54) is 23.5 Å². The number of halogens is 1. The van der Waals surface area contributed by atoms with Crippen LogP contribution in [0.5, 0.6) is 0 Å². The summed E-state index contributed by atoms with van der Waals surface area (Å²) >= 11 is 1.23. The molecular formula is C23H18FN3O3S. The summed E-state index contributed by atoms with van der Waals surface area (Å²) in [5.41, 5.74) is 2.87. The Kier molecular flexibility index (Phi) is 5.99. The molecule has 1 N–H and O–H groups in total. The first kappa shape index (κ1) is 20.6. The van der Waals surface area contributed by atoms with Crippen LogP contribution in [-0.2, 0) is 16.0 Å². The molecule has 0 radical (unpaired) electrons. The second-order valence-corrected chi connectivity index (χ2v) is 7.52. The van der Waals surface area contributed by atoms with Crippen LogP contribution in [0.3, 0.4) is 0 Å². The molecule has 4 aromatic rings. The van der Waals surface area contributed by atoms with Gasteiger partial charge in [0.15, 0.2) is 5.13 Å². The van der Waals surface area contributed by atoms with E-state index in [9.17, 15) is 14.0 Å². The predicted octanol–water partition coefficient (Wildman–Crippen LogP) is 4.86. The van der Waals surface area contributed by atoms with Gasteiger partial charge in [-0.15, -0.1) is 11.3 Å². The molecule has 0 bridgehead atoms. The van der Waals surface area contributed by atoms with E-state index in [4.69, 9.17) is 4.74 Å². The molecule has 0 atom stereocenters. The van der Waals surface area contributed by atoms with Crippen molar-refractivity contribution in [1.29, 1.82) is 0 Å². The van der Waals surface area contributed by atoms with E-state index >= 15 is 0 Å². The van der Waals surface area contributed by atoms with E-state index in [2.05, 4.69) is 15.3 Å². The van der Waals surface area contributed by atoms with E-state index in [1.54, 1.807) is 30.5 Å². The Morgan fingerprint density at radius 3 is 2.65 bits per heavy atom. The number of thiazole rings is 1. The van der Waals surface area contributed by atoms with Gasteiger partial charge in [0.2, 0.25) is 0 Å². The molecule has 31 heavy (non-hydrogen) atoms. The summed E-state index contributed by atoms with van der Waals surface area (Å²) in [5, 5.41) is 5.57. The topological polar surface area (TPSA) is 81.2 Å². The van der Waals surface area contributed by atoms with Gasteiger partial charge in [0.05, 0.1) is 35.5 Å². The highest BCUT2D eigenvalue weighted by atomic mass is 32.1. The molecule has 2 aromatic heterocycles. The number of fused-ring (bicyclic) bond motifs is 1. The smallest absolute Gasteiger partial charge is 0.311 e. The Balaban J connectivity index is 1.64. The number of benzene rings is 2. The molecule has 0 aliphatic carbocycles. The molecule has 4 rings (SSSR count). The second-order valence-electron chi connectivity index (χ2n) is 6.66. The number of hydrogen-bond donors (Lipinski definition) is 1. The maximum absolute atomic E-state index is 13.3. The van der Waals surface area contributed by atoms with Gasteiger partial charge in [0, 0.05) is 16.3 Å². The van der Waals surface area contributed by atoms with Crippen molar-refractivity contribution in [3.05, 3.63) is 77.1 Å². The van der Waals surface area contributed by atoms with E-state index in [1.807, 2.05) is 24.3 Å². The van der Waals surface area contributed by atoms with Crippen molar-refractivity contribution in [2.45, 2.75) is 13.3 Å². The minimum Gasteiger partial charge on any atom is -0.466 e. The summed E-state index contributed by atoms with van der Waals surface area (Å²) in [6.45, 7) is 2.04. The molecule has 0 spiro atoms. The summed E-state index contributed by atoms with van der Waals surface area (Å²) in [6.07, 6.45) is 0.0487. The Hall–Kier alpha value is -3.65. The van der Waals surface area contributed by atoms with Crippen molar-refractivity contribution < 1.29 is 18.7 Å². The first-order valence-electron chi connectivity index (χ1n) is 9.60. The largest absolute Gasteiger partial charge is 0.466 e. The fraction of sp³-hybridized carbons (Fsp3) is 0.130. The lowest BCUT2D eigenvalue weighted by molar-refractivity contribution is -0.142. The SMILES string of the molecule is CCOC(=O)Cc1csc(NC(=O)c2cc(-c3ccc(F)cc3)nc3ccccc23)n1. The number of nitrogens with zero attached hydrogens (tertiary/aromatic N) is 2. The molecule has 2 aromatic carbocycles. The summed E-state index contributed by atoms with van der Waals surface area (Å²) in [6, 6.07) is 14.9. The van der Waals surface area contributed by atoms with Crippen LogP contribution in [0.15, 0.2) is 60.0 Å². The molecule has 156 valence electrons. The summed E-state index contributed by atoms with van der Waals surface area (Å²) in [5.74, 6) is -1.06. The average molecular weight is 435 g/mol. The number of nitrogens with one attached hydrogen (secondary N) is 1.